The van der Waals surface area contributed by atoms with E-state index in [1.165, 1.54) is 0 Å². The first-order chi connectivity index (χ1) is 14.8. The van der Waals surface area contributed by atoms with E-state index in [4.69, 9.17) is 0 Å². The Hall–Kier alpha value is -3.09. The first-order valence-electron chi connectivity index (χ1n) is 10.9. The lowest BCUT2D eigenvalue weighted by Crippen LogP contribution is -2.56. The number of pyridine rings is 1. The molecular weight excluding hydrogens is 392 g/mol. The van der Waals surface area contributed by atoms with Crippen molar-refractivity contribution in [3.8, 4) is 0 Å². The fraction of sp³-hybridized carbons (Fsp3) is 0.458. The van der Waals surface area contributed by atoms with Gasteiger partial charge in [0.25, 0.3) is 5.56 Å². The molecule has 4 rings (SSSR count). The smallest absolute Gasteiger partial charge is 0.318 e. The first kappa shape index (κ1) is 21.2. The number of hydrogen-bond acceptors (Lipinski definition) is 3. The molecule has 3 amide bonds. The van der Waals surface area contributed by atoms with Gasteiger partial charge in [0, 0.05) is 43.0 Å². The van der Waals surface area contributed by atoms with Crippen molar-refractivity contribution >= 4 is 17.6 Å². The van der Waals surface area contributed by atoms with Crippen LogP contribution >= 0.6 is 0 Å². The van der Waals surface area contributed by atoms with Crippen LogP contribution in [0.1, 0.15) is 37.4 Å². The van der Waals surface area contributed by atoms with Crippen LogP contribution in [0.25, 0.3) is 0 Å². The monoisotopic (exact) mass is 422 g/mol. The third-order valence-corrected chi connectivity index (χ3v) is 6.31. The molecule has 0 saturated carbocycles. The molecule has 2 aliphatic heterocycles. The highest BCUT2D eigenvalue weighted by Gasteiger charge is 2.37. The minimum absolute atomic E-state index is 0.0257. The van der Waals surface area contributed by atoms with Crippen LogP contribution in [-0.2, 0) is 11.3 Å². The number of nitrogens with zero attached hydrogens (tertiary/aromatic N) is 2. The number of aryl methyl sites for hydroxylation is 1. The summed E-state index contributed by atoms with van der Waals surface area (Å²) in [5.74, 6) is 0.112. The van der Waals surface area contributed by atoms with E-state index in [1.807, 2.05) is 55.7 Å². The summed E-state index contributed by atoms with van der Waals surface area (Å²) >= 11 is 0. The molecule has 2 bridgehead atoms. The molecule has 1 aromatic carbocycles. The lowest BCUT2D eigenvalue weighted by molar-refractivity contribution is -0.118. The Balaban J connectivity index is 1.44. The molecule has 0 unspecified atom stereocenters. The van der Waals surface area contributed by atoms with Crippen molar-refractivity contribution in [1.82, 2.24) is 14.8 Å². The maximum absolute atomic E-state index is 13.1. The van der Waals surface area contributed by atoms with Crippen LogP contribution in [0.15, 0.2) is 47.3 Å². The van der Waals surface area contributed by atoms with E-state index >= 15 is 0 Å². The van der Waals surface area contributed by atoms with Crippen LogP contribution in [0.5, 0.6) is 0 Å². The molecule has 7 heteroatoms. The van der Waals surface area contributed by atoms with Crippen molar-refractivity contribution in [1.29, 1.82) is 0 Å². The van der Waals surface area contributed by atoms with Crippen molar-refractivity contribution in [3.63, 3.8) is 0 Å². The highest BCUT2D eigenvalue weighted by atomic mass is 16.2. The summed E-state index contributed by atoms with van der Waals surface area (Å²) in [4.78, 5) is 40.0. The van der Waals surface area contributed by atoms with Gasteiger partial charge in [-0.25, -0.2) is 4.79 Å². The molecule has 0 radical (unpaired) electrons. The fourth-order valence-electron chi connectivity index (χ4n) is 4.68. The Kier molecular flexibility index (Phi) is 5.85. The number of urea groups is 1. The Bertz CT molecular complexity index is 1030. The van der Waals surface area contributed by atoms with Crippen LogP contribution < -0.4 is 16.2 Å². The minimum Gasteiger partial charge on any atom is -0.326 e. The van der Waals surface area contributed by atoms with E-state index in [0.29, 0.717) is 25.3 Å². The van der Waals surface area contributed by atoms with Gasteiger partial charge in [-0.15, -0.1) is 0 Å². The molecule has 1 aromatic heterocycles. The number of fused-ring (bicyclic) bond motifs is 4. The average Bonchev–Trinajstić information content (AvgIpc) is 2.74. The number of carbonyl (C=O) groups excluding carboxylic acids is 2. The van der Waals surface area contributed by atoms with Crippen molar-refractivity contribution in [2.75, 3.05) is 18.4 Å². The maximum Gasteiger partial charge on any atom is 0.318 e. The van der Waals surface area contributed by atoms with Crippen LogP contribution in [0, 0.1) is 18.8 Å². The van der Waals surface area contributed by atoms with Crippen molar-refractivity contribution in [2.24, 2.45) is 11.8 Å². The number of hydrogen-bond donors (Lipinski definition) is 2. The molecule has 2 aromatic rings. The highest BCUT2D eigenvalue weighted by Crippen LogP contribution is 2.34. The summed E-state index contributed by atoms with van der Waals surface area (Å²) in [6.45, 7) is 7.62. The summed E-state index contributed by atoms with van der Waals surface area (Å²) in [7, 11) is 0. The van der Waals surface area contributed by atoms with Crippen molar-refractivity contribution < 1.29 is 9.59 Å². The third-order valence-electron chi connectivity index (χ3n) is 6.31. The summed E-state index contributed by atoms with van der Waals surface area (Å²) in [5.41, 5.74) is 2.85. The van der Waals surface area contributed by atoms with E-state index in [9.17, 15) is 14.4 Å². The molecule has 164 valence electrons. The second kappa shape index (κ2) is 8.57. The number of benzene rings is 1. The lowest BCUT2D eigenvalue weighted by Gasteiger charge is -2.43. The number of rotatable bonds is 4. The molecule has 2 N–H and O–H groups in total. The number of aromatic nitrogens is 1. The molecule has 1 saturated heterocycles. The zero-order chi connectivity index (χ0) is 22.1. The Morgan fingerprint density at radius 3 is 2.48 bits per heavy atom. The SMILES string of the molecule is Cc1ccc(NC(=O)[C@@H](NC(=O)N2C[C@@H]3C[C@@H](C2)c2cccc(=O)n2C3)C(C)C)cc1. The van der Waals surface area contributed by atoms with Gasteiger partial charge < -0.3 is 20.1 Å². The number of anilines is 1. The standard InChI is InChI=1S/C24H30N4O3/c1-15(2)22(23(30)25-19-9-7-16(3)8-10-19)26-24(31)27-12-17-11-18(14-27)20-5-4-6-21(29)28(20)13-17/h4-10,15,17-18,22H,11-14H2,1-3H3,(H,25,30)(H,26,31)/t17-,18-,22-/m0/s1. The molecule has 0 spiro atoms. The molecule has 3 heterocycles. The molecule has 31 heavy (non-hydrogen) atoms. The minimum atomic E-state index is -0.634. The number of likely N-dealkylation sites (tertiary alicyclic amines) is 1. The summed E-state index contributed by atoms with van der Waals surface area (Å²) in [6.07, 6.45) is 0.981. The summed E-state index contributed by atoms with van der Waals surface area (Å²) in [5, 5.41) is 5.86. The zero-order valence-electron chi connectivity index (χ0n) is 18.3. The van der Waals surface area contributed by atoms with Gasteiger partial charge >= 0.3 is 6.03 Å². The van der Waals surface area contributed by atoms with Crippen LogP contribution in [0.4, 0.5) is 10.5 Å². The van der Waals surface area contributed by atoms with E-state index in [-0.39, 0.29) is 35.3 Å². The molecule has 0 aliphatic carbocycles. The Morgan fingerprint density at radius 2 is 1.77 bits per heavy atom. The van der Waals surface area contributed by atoms with Gasteiger partial charge in [-0.3, -0.25) is 9.59 Å². The normalized spacial score (nSPS) is 20.7. The predicted molar refractivity (Wildman–Crippen MR) is 120 cm³/mol. The molecule has 3 atom stereocenters. The van der Waals surface area contributed by atoms with E-state index in [1.54, 1.807) is 17.0 Å². The van der Waals surface area contributed by atoms with Gasteiger partial charge in [-0.1, -0.05) is 37.6 Å². The van der Waals surface area contributed by atoms with Gasteiger partial charge in [-0.05, 0) is 43.4 Å². The van der Waals surface area contributed by atoms with E-state index in [2.05, 4.69) is 10.6 Å². The Morgan fingerprint density at radius 1 is 1.03 bits per heavy atom. The first-order valence-corrected chi connectivity index (χ1v) is 10.9. The molecule has 7 nitrogen and oxygen atoms in total. The quantitative estimate of drug-likeness (QED) is 0.795. The largest absolute Gasteiger partial charge is 0.326 e. The van der Waals surface area contributed by atoms with Crippen LogP contribution in [-0.4, -0.2) is 40.5 Å². The summed E-state index contributed by atoms with van der Waals surface area (Å²) in [6, 6.07) is 12.1. The summed E-state index contributed by atoms with van der Waals surface area (Å²) < 4.78 is 1.85. The van der Waals surface area contributed by atoms with Gasteiger partial charge in [0.15, 0.2) is 0 Å². The Labute approximate surface area is 182 Å². The third kappa shape index (κ3) is 4.50. The molecular formula is C24H30N4O3. The number of carbonyl (C=O) groups is 2. The van der Waals surface area contributed by atoms with Gasteiger partial charge in [0.1, 0.15) is 6.04 Å². The van der Waals surface area contributed by atoms with Gasteiger partial charge in [-0.2, -0.15) is 0 Å². The van der Waals surface area contributed by atoms with Gasteiger partial charge in [0.2, 0.25) is 5.91 Å². The van der Waals surface area contributed by atoms with E-state index < -0.39 is 6.04 Å². The van der Waals surface area contributed by atoms with E-state index in [0.717, 1.165) is 17.7 Å². The maximum atomic E-state index is 13.1. The second-order valence-electron chi connectivity index (χ2n) is 9.13. The fourth-order valence-corrected chi connectivity index (χ4v) is 4.68. The average molecular weight is 423 g/mol. The zero-order valence-corrected chi connectivity index (χ0v) is 18.3. The predicted octanol–water partition coefficient (Wildman–Crippen LogP) is 2.95. The van der Waals surface area contributed by atoms with Crippen molar-refractivity contribution in [2.45, 2.75) is 45.7 Å². The van der Waals surface area contributed by atoms with Gasteiger partial charge in [0.05, 0.1) is 0 Å². The van der Waals surface area contributed by atoms with Crippen LogP contribution in [0.3, 0.4) is 0 Å². The molecule has 2 aliphatic rings. The second-order valence-corrected chi connectivity index (χ2v) is 9.13. The highest BCUT2D eigenvalue weighted by molar-refractivity contribution is 5.97. The lowest BCUT2D eigenvalue weighted by atomic mass is 9.83. The van der Waals surface area contributed by atoms with Crippen LogP contribution in [0.2, 0.25) is 0 Å². The van der Waals surface area contributed by atoms with Crippen molar-refractivity contribution in [3.05, 3.63) is 64.1 Å². The topological polar surface area (TPSA) is 83.4 Å². The number of nitrogens with one attached hydrogen (secondary N) is 2. The number of amides is 3. The number of piperidine rings is 1. The molecule has 1 fully saturated rings.